The molecule has 1 fully saturated rings. The van der Waals surface area contributed by atoms with Gasteiger partial charge in [0.25, 0.3) is 0 Å². The van der Waals surface area contributed by atoms with Gasteiger partial charge in [-0.2, -0.15) is 0 Å². The first-order valence-electron chi connectivity index (χ1n) is 6.92. The van der Waals surface area contributed by atoms with E-state index in [1.807, 2.05) is 30.3 Å². The quantitative estimate of drug-likeness (QED) is 0.887. The Morgan fingerprint density at radius 1 is 1.20 bits per heavy atom. The van der Waals surface area contributed by atoms with E-state index in [0.717, 1.165) is 22.9 Å². The third-order valence-electron chi connectivity index (χ3n) is 3.61. The summed E-state index contributed by atoms with van der Waals surface area (Å²) in [5.74, 6) is 0.864. The first kappa shape index (κ1) is 13.5. The molecule has 1 aliphatic carbocycles. The van der Waals surface area contributed by atoms with Crippen molar-refractivity contribution in [3.05, 3.63) is 53.1 Å². The van der Waals surface area contributed by atoms with Crippen molar-refractivity contribution in [2.45, 2.75) is 25.4 Å². The van der Waals surface area contributed by atoms with Gasteiger partial charge in [-0.05, 0) is 53.8 Å². The highest BCUT2D eigenvalue weighted by Gasteiger charge is 2.20. The summed E-state index contributed by atoms with van der Waals surface area (Å²) in [4.78, 5) is 0. The molecule has 20 heavy (non-hydrogen) atoms. The smallest absolute Gasteiger partial charge is 0.119 e. The van der Waals surface area contributed by atoms with Crippen molar-refractivity contribution >= 4 is 11.6 Å². The molecule has 0 spiro atoms. The van der Waals surface area contributed by atoms with E-state index in [0.29, 0.717) is 6.04 Å². The van der Waals surface area contributed by atoms with Crippen LogP contribution in [0.2, 0.25) is 5.02 Å². The molecule has 0 unspecified atom stereocenters. The third kappa shape index (κ3) is 3.14. The molecule has 0 amide bonds. The van der Waals surface area contributed by atoms with E-state index in [-0.39, 0.29) is 0 Å². The predicted molar refractivity (Wildman–Crippen MR) is 83.3 cm³/mol. The van der Waals surface area contributed by atoms with Crippen LogP contribution < -0.4 is 10.1 Å². The third-order valence-corrected chi connectivity index (χ3v) is 3.85. The van der Waals surface area contributed by atoms with Crippen molar-refractivity contribution in [1.29, 1.82) is 0 Å². The van der Waals surface area contributed by atoms with E-state index >= 15 is 0 Å². The zero-order valence-electron chi connectivity index (χ0n) is 11.5. The van der Waals surface area contributed by atoms with Gasteiger partial charge in [0.05, 0.1) is 7.11 Å². The maximum atomic E-state index is 6.16. The predicted octanol–water partition coefficient (Wildman–Crippen LogP) is 4.27. The van der Waals surface area contributed by atoms with Crippen LogP contribution in [-0.4, -0.2) is 13.2 Å². The molecule has 1 saturated carbocycles. The van der Waals surface area contributed by atoms with Gasteiger partial charge < -0.3 is 10.1 Å². The minimum Gasteiger partial charge on any atom is -0.497 e. The van der Waals surface area contributed by atoms with Crippen LogP contribution in [0.4, 0.5) is 0 Å². The summed E-state index contributed by atoms with van der Waals surface area (Å²) in [5.41, 5.74) is 3.58. The number of ether oxygens (including phenoxy) is 1. The fraction of sp³-hybridized carbons (Fsp3) is 0.294. The molecule has 1 aliphatic rings. The Hall–Kier alpha value is -1.51. The van der Waals surface area contributed by atoms with Crippen molar-refractivity contribution < 1.29 is 4.74 Å². The van der Waals surface area contributed by atoms with Gasteiger partial charge in [-0.15, -0.1) is 0 Å². The largest absolute Gasteiger partial charge is 0.497 e. The average molecular weight is 288 g/mol. The molecule has 2 nitrogen and oxygen atoms in total. The summed E-state index contributed by atoms with van der Waals surface area (Å²) < 4.78 is 5.31. The maximum Gasteiger partial charge on any atom is 0.119 e. The topological polar surface area (TPSA) is 21.3 Å². The standard InChI is InChI=1S/C17H18ClNO/c1-20-16-4-2-3-12(9-16)17-10-14(18)6-5-13(17)11-19-15-7-8-15/h2-6,9-10,15,19H,7-8,11H2,1H3. The van der Waals surface area contributed by atoms with Gasteiger partial charge in [-0.1, -0.05) is 29.8 Å². The molecule has 3 rings (SSSR count). The van der Waals surface area contributed by atoms with Crippen LogP contribution in [0.3, 0.4) is 0 Å². The Morgan fingerprint density at radius 3 is 2.80 bits per heavy atom. The van der Waals surface area contributed by atoms with Crippen LogP contribution in [0.25, 0.3) is 11.1 Å². The highest BCUT2D eigenvalue weighted by molar-refractivity contribution is 6.30. The van der Waals surface area contributed by atoms with Gasteiger partial charge >= 0.3 is 0 Å². The molecule has 0 heterocycles. The van der Waals surface area contributed by atoms with Crippen molar-refractivity contribution in [1.82, 2.24) is 5.32 Å². The van der Waals surface area contributed by atoms with E-state index < -0.39 is 0 Å². The second-order valence-corrected chi connectivity index (χ2v) is 5.63. The number of benzene rings is 2. The van der Waals surface area contributed by atoms with Gasteiger partial charge in [0.15, 0.2) is 0 Å². The van der Waals surface area contributed by atoms with Crippen molar-refractivity contribution in [2.24, 2.45) is 0 Å². The zero-order chi connectivity index (χ0) is 13.9. The molecule has 1 N–H and O–H groups in total. The van der Waals surface area contributed by atoms with Gasteiger partial charge in [-0.3, -0.25) is 0 Å². The Balaban J connectivity index is 1.94. The fourth-order valence-electron chi connectivity index (χ4n) is 2.30. The molecule has 0 saturated heterocycles. The van der Waals surface area contributed by atoms with E-state index in [1.165, 1.54) is 24.0 Å². The molecule has 0 aromatic heterocycles. The fourth-order valence-corrected chi connectivity index (χ4v) is 2.48. The lowest BCUT2D eigenvalue weighted by Gasteiger charge is -2.12. The van der Waals surface area contributed by atoms with Crippen LogP contribution in [0.5, 0.6) is 5.75 Å². The number of rotatable bonds is 5. The summed E-state index contributed by atoms with van der Waals surface area (Å²) in [6, 6.07) is 14.9. The summed E-state index contributed by atoms with van der Waals surface area (Å²) in [6.07, 6.45) is 2.59. The minimum absolute atomic E-state index is 0.698. The average Bonchev–Trinajstić information content (AvgIpc) is 3.30. The van der Waals surface area contributed by atoms with Gasteiger partial charge in [-0.25, -0.2) is 0 Å². The molecule has 3 heteroatoms. The summed E-state index contributed by atoms with van der Waals surface area (Å²) in [6.45, 7) is 0.883. The van der Waals surface area contributed by atoms with E-state index in [2.05, 4.69) is 17.4 Å². The molecule has 2 aromatic carbocycles. The highest BCUT2D eigenvalue weighted by Crippen LogP contribution is 2.30. The van der Waals surface area contributed by atoms with Crippen LogP contribution in [0.15, 0.2) is 42.5 Å². The Kier molecular flexibility index (Phi) is 3.95. The number of nitrogens with one attached hydrogen (secondary N) is 1. The van der Waals surface area contributed by atoms with Crippen molar-refractivity contribution in [3.8, 4) is 16.9 Å². The van der Waals surface area contributed by atoms with E-state index in [1.54, 1.807) is 7.11 Å². The molecule has 0 atom stereocenters. The van der Waals surface area contributed by atoms with Gasteiger partial charge in [0.1, 0.15) is 5.75 Å². The second-order valence-electron chi connectivity index (χ2n) is 5.19. The lowest BCUT2D eigenvalue weighted by atomic mass is 9.99. The van der Waals surface area contributed by atoms with Crippen LogP contribution in [0, 0.1) is 0 Å². The minimum atomic E-state index is 0.698. The summed E-state index contributed by atoms with van der Waals surface area (Å²) in [7, 11) is 1.69. The zero-order valence-corrected chi connectivity index (χ0v) is 12.3. The van der Waals surface area contributed by atoms with Crippen LogP contribution in [0.1, 0.15) is 18.4 Å². The monoisotopic (exact) mass is 287 g/mol. The molecule has 0 aliphatic heterocycles. The number of methoxy groups -OCH3 is 1. The molecular weight excluding hydrogens is 270 g/mol. The molecule has 0 radical (unpaired) electrons. The Labute approximate surface area is 124 Å². The summed E-state index contributed by atoms with van der Waals surface area (Å²) in [5, 5.41) is 4.32. The van der Waals surface area contributed by atoms with Crippen molar-refractivity contribution in [3.63, 3.8) is 0 Å². The maximum absolute atomic E-state index is 6.16. The number of hydrogen-bond donors (Lipinski definition) is 1. The van der Waals surface area contributed by atoms with E-state index in [4.69, 9.17) is 16.3 Å². The van der Waals surface area contributed by atoms with Gasteiger partial charge in [0, 0.05) is 17.6 Å². The summed E-state index contributed by atoms with van der Waals surface area (Å²) >= 11 is 6.16. The molecule has 2 aromatic rings. The molecule has 0 bridgehead atoms. The molecule has 104 valence electrons. The second kappa shape index (κ2) is 5.86. The highest BCUT2D eigenvalue weighted by atomic mass is 35.5. The van der Waals surface area contributed by atoms with Crippen molar-refractivity contribution in [2.75, 3.05) is 7.11 Å². The Bertz CT molecular complexity index is 608. The number of halogens is 1. The first-order chi connectivity index (χ1) is 9.76. The lowest BCUT2D eigenvalue weighted by Crippen LogP contribution is -2.15. The molecular formula is C17H18ClNO. The van der Waals surface area contributed by atoms with Gasteiger partial charge in [0.2, 0.25) is 0 Å². The lowest BCUT2D eigenvalue weighted by molar-refractivity contribution is 0.415. The van der Waals surface area contributed by atoms with E-state index in [9.17, 15) is 0 Å². The number of hydrogen-bond acceptors (Lipinski definition) is 2. The normalized spacial score (nSPS) is 14.3. The SMILES string of the molecule is COc1cccc(-c2cc(Cl)ccc2CNC2CC2)c1. The van der Waals surface area contributed by atoms with Crippen LogP contribution >= 0.6 is 11.6 Å². The van der Waals surface area contributed by atoms with Crippen LogP contribution in [-0.2, 0) is 6.54 Å². The first-order valence-corrected chi connectivity index (χ1v) is 7.30. The Morgan fingerprint density at radius 2 is 2.05 bits per heavy atom.